The molecule has 6 heteroatoms. The second-order valence-electron chi connectivity index (χ2n) is 5.68. The highest BCUT2D eigenvalue weighted by atomic mass is 127. The molecule has 0 aliphatic carbocycles. The number of rotatable bonds is 3. The van der Waals surface area contributed by atoms with Crippen LogP contribution in [0.25, 0.3) is 11.0 Å². The average Bonchev–Trinajstić information content (AvgIpc) is 2.93. The zero-order valence-electron chi connectivity index (χ0n) is 12.0. The molecule has 0 radical (unpaired) electrons. The van der Waals surface area contributed by atoms with Gasteiger partial charge in [-0.1, -0.05) is 0 Å². The van der Waals surface area contributed by atoms with Crippen molar-refractivity contribution in [3.8, 4) is 0 Å². The van der Waals surface area contributed by atoms with E-state index in [4.69, 9.17) is 16.3 Å². The van der Waals surface area contributed by atoms with Gasteiger partial charge in [0.15, 0.2) is 0 Å². The minimum atomic E-state index is -0.213. The molecule has 114 valence electrons. The summed E-state index contributed by atoms with van der Waals surface area (Å²) in [5.41, 5.74) is 1.43. The van der Waals surface area contributed by atoms with Crippen molar-refractivity contribution in [2.24, 2.45) is 0 Å². The molecule has 2 heterocycles. The molecule has 1 aliphatic heterocycles. The Labute approximate surface area is 142 Å². The average molecular weight is 423 g/mol. The van der Waals surface area contributed by atoms with Crippen LogP contribution < -0.4 is 0 Å². The zero-order chi connectivity index (χ0) is 15.2. The summed E-state index contributed by atoms with van der Waals surface area (Å²) in [6.07, 6.45) is 1.62. The molecule has 0 bridgehead atoms. The van der Waals surface area contributed by atoms with Crippen molar-refractivity contribution in [1.82, 2.24) is 9.55 Å². The van der Waals surface area contributed by atoms with E-state index in [2.05, 4.69) is 23.4 Å². The van der Waals surface area contributed by atoms with Crippen LogP contribution >= 0.6 is 34.2 Å². The molecule has 2 aromatic rings. The second-order valence-corrected chi connectivity index (χ2v) is 7.22. The summed E-state index contributed by atoms with van der Waals surface area (Å²) in [5.74, 6) is 1.19. The molecule has 2 unspecified atom stereocenters. The fourth-order valence-electron chi connectivity index (χ4n) is 3.06. The van der Waals surface area contributed by atoms with Gasteiger partial charge in [0.05, 0.1) is 26.2 Å². The number of halogens is 3. The van der Waals surface area contributed by atoms with Crippen molar-refractivity contribution in [2.45, 2.75) is 38.3 Å². The molecule has 0 spiro atoms. The predicted molar refractivity (Wildman–Crippen MR) is 90.5 cm³/mol. The molecule has 2 atom stereocenters. The van der Waals surface area contributed by atoms with Gasteiger partial charge in [-0.05, 0) is 48.9 Å². The standard InChI is InChI=1S/C15H17ClFIN2O/c1-9-15(2,4-6-21-9)20-13-7-10(17)11(18)8-12(13)19-14(20)3-5-16/h7-9H,3-6H2,1-2H3. The minimum Gasteiger partial charge on any atom is -0.376 e. The number of imidazole rings is 1. The first-order valence-corrected chi connectivity index (χ1v) is 8.63. The number of nitrogens with zero attached hydrogens (tertiary/aromatic N) is 2. The van der Waals surface area contributed by atoms with Crippen LogP contribution in [0.4, 0.5) is 4.39 Å². The van der Waals surface area contributed by atoms with Crippen LogP contribution in [0.5, 0.6) is 0 Å². The Morgan fingerprint density at radius 2 is 2.33 bits per heavy atom. The number of aromatic nitrogens is 2. The van der Waals surface area contributed by atoms with Crippen LogP contribution in [0.1, 0.15) is 26.1 Å². The van der Waals surface area contributed by atoms with Crippen molar-refractivity contribution in [3.05, 3.63) is 27.3 Å². The van der Waals surface area contributed by atoms with E-state index in [1.165, 1.54) is 0 Å². The SMILES string of the molecule is CC1OCCC1(C)n1c(CCCl)nc2cc(I)c(F)cc21. The first kappa shape index (κ1) is 15.5. The molecule has 1 saturated heterocycles. The van der Waals surface area contributed by atoms with Crippen molar-refractivity contribution in [2.75, 3.05) is 12.5 Å². The van der Waals surface area contributed by atoms with Gasteiger partial charge in [-0.25, -0.2) is 9.37 Å². The van der Waals surface area contributed by atoms with E-state index in [0.29, 0.717) is 22.5 Å². The third-order valence-corrected chi connectivity index (χ3v) is 5.46. The Morgan fingerprint density at radius 3 is 2.95 bits per heavy atom. The van der Waals surface area contributed by atoms with Crippen LogP contribution in [-0.2, 0) is 16.7 Å². The monoisotopic (exact) mass is 422 g/mol. The zero-order valence-corrected chi connectivity index (χ0v) is 14.9. The van der Waals surface area contributed by atoms with E-state index in [1.807, 2.05) is 22.6 Å². The maximum Gasteiger partial charge on any atom is 0.138 e. The number of hydrogen-bond donors (Lipinski definition) is 0. The van der Waals surface area contributed by atoms with Gasteiger partial charge in [0.1, 0.15) is 11.6 Å². The number of aryl methyl sites for hydroxylation is 1. The van der Waals surface area contributed by atoms with Crippen LogP contribution in [-0.4, -0.2) is 28.1 Å². The number of hydrogen-bond acceptors (Lipinski definition) is 2. The molecular formula is C15H17ClFIN2O. The molecule has 21 heavy (non-hydrogen) atoms. The number of alkyl halides is 1. The molecule has 3 nitrogen and oxygen atoms in total. The predicted octanol–water partition coefficient (Wildman–Crippen LogP) is 4.09. The summed E-state index contributed by atoms with van der Waals surface area (Å²) < 4.78 is 22.5. The summed E-state index contributed by atoms with van der Waals surface area (Å²) in [4.78, 5) is 4.68. The lowest BCUT2D eigenvalue weighted by Gasteiger charge is -2.32. The second kappa shape index (κ2) is 5.66. The van der Waals surface area contributed by atoms with Crippen LogP contribution in [0.3, 0.4) is 0 Å². The largest absolute Gasteiger partial charge is 0.376 e. The van der Waals surface area contributed by atoms with Crippen molar-refractivity contribution in [3.63, 3.8) is 0 Å². The van der Waals surface area contributed by atoms with Crippen LogP contribution in [0, 0.1) is 9.39 Å². The van der Waals surface area contributed by atoms with Crippen molar-refractivity contribution >= 4 is 45.2 Å². The highest BCUT2D eigenvalue weighted by Crippen LogP contribution is 2.37. The Bertz CT molecular complexity index is 690. The Hall–Kier alpha value is -0.400. The van der Waals surface area contributed by atoms with Crippen LogP contribution in [0.2, 0.25) is 0 Å². The molecule has 1 fully saturated rings. The van der Waals surface area contributed by atoms with E-state index >= 15 is 0 Å². The first-order chi connectivity index (χ1) is 9.97. The van der Waals surface area contributed by atoms with Gasteiger partial charge in [0.2, 0.25) is 0 Å². The van der Waals surface area contributed by atoms with Gasteiger partial charge in [-0.2, -0.15) is 0 Å². The number of ether oxygens (including phenoxy) is 1. The highest BCUT2D eigenvalue weighted by Gasteiger charge is 2.41. The first-order valence-electron chi connectivity index (χ1n) is 7.02. The highest BCUT2D eigenvalue weighted by molar-refractivity contribution is 14.1. The molecule has 1 aromatic carbocycles. The van der Waals surface area contributed by atoms with E-state index in [0.717, 1.165) is 23.3 Å². The number of benzene rings is 1. The van der Waals surface area contributed by atoms with Gasteiger partial charge in [0, 0.05) is 25.0 Å². The van der Waals surface area contributed by atoms with E-state index in [1.54, 1.807) is 12.1 Å². The van der Waals surface area contributed by atoms with E-state index in [9.17, 15) is 4.39 Å². The Balaban J connectivity index is 2.27. The lowest BCUT2D eigenvalue weighted by atomic mass is 9.93. The van der Waals surface area contributed by atoms with Gasteiger partial charge >= 0.3 is 0 Å². The minimum absolute atomic E-state index is 0.0614. The van der Waals surface area contributed by atoms with Crippen molar-refractivity contribution in [1.29, 1.82) is 0 Å². The van der Waals surface area contributed by atoms with Crippen LogP contribution in [0.15, 0.2) is 12.1 Å². The summed E-state index contributed by atoms with van der Waals surface area (Å²) in [5, 5.41) is 0. The molecule has 0 saturated carbocycles. The normalized spacial score (nSPS) is 25.9. The molecule has 3 rings (SSSR count). The van der Waals surface area contributed by atoms with E-state index < -0.39 is 0 Å². The lowest BCUT2D eigenvalue weighted by molar-refractivity contribution is 0.0764. The Kier molecular flexibility index (Phi) is 4.18. The topological polar surface area (TPSA) is 27.1 Å². The molecule has 1 aromatic heterocycles. The third-order valence-electron chi connectivity index (χ3n) is 4.45. The summed E-state index contributed by atoms with van der Waals surface area (Å²) in [6.45, 7) is 4.93. The smallest absolute Gasteiger partial charge is 0.138 e. The maximum atomic E-state index is 14.0. The van der Waals surface area contributed by atoms with Gasteiger partial charge in [-0.15, -0.1) is 11.6 Å². The van der Waals surface area contributed by atoms with Gasteiger partial charge in [-0.3, -0.25) is 0 Å². The number of fused-ring (bicyclic) bond motifs is 1. The molecule has 0 N–H and O–H groups in total. The lowest BCUT2D eigenvalue weighted by Crippen LogP contribution is -2.38. The maximum absolute atomic E-state index is 14.0. The fraction of sp³-hybridized carbons (Fsp3) is 0.533. The van der Waals surface area contributed by atoms with E-state index in [-0.39, 0.29) is 17.5 Å². The Morgan fingerprint density at radius 1 is 1.57 bits per heavy atom. The third kappa shape index (κ3) is 2.47. The summed E-state index contributed by atoms with van der Waals surface area (Å²) in [6, 6.07) is 3.38. The van der Waals surface area contributed by atoms with Gasteiger partial charge in [0.25, 0.3) is 0 Å². The summed E-state index contributed by atoms with van der Waals surface area (Å²) >= 11 is 7.92. The summed E-state index contributed by atoms with van der Waals surface area (Å²) in [7, 11) is 0. The molecule has 0 amide bonds. The fourth-order valence-corrected chi connectivity index (χ4v) is 3.68. The molecular weight excluding hydrogens is 406 g/mol. The molecule has 1 aliphatic rings. The quantitative estimate of drug-likeness (QED) is 0.550. The van der Waals surface area contributed by atoms with Gasteiger partial charge < -0.3 is 9.30 Å². The van der Waals surface area contributed by atoms with Crippen molar-refractivity contribution < 1.29 is 9.13 Å².